The zero-order valence-electron chi connectivity index (χ0n) is 18.5. The largest absolute Gasteiger partial charge is 0.465 e. The lowest BCUT2D eigenvalue weighted by Gasteiger charge is -2.34. The molecule has 0 spiro atoms. The van der Waals surface area contributed by atoms with Crippen LogP contribution in [0.15, 0.2) is 42.6 Å². The number of anilines is 1. The zero-order chi connectivity index (χ0) is 23.5. The van der Waals surface area contributed by atoms with Crippen molar-refractivity contribution in [3.63, 3.8) is 0 Å². The molecule has 0 radical (unpaired) electrons. The molecule has 0 aliphatic carbocycles. The predicted molar refractivity (Wildman–Crippen MR) is 124 cm³/mol. The minimum absolute atomic E-state index is 0.0646. The van der Waals surface area contributed by atoms with Gasteiger partial charge < -0.3 is 19.8 Å². The van der Waals surface area contributed by atoms with E-state index in [1.165, 1.54) is 17.0 Å². The topological polar surface area (TPSA) is 77.0 Å². The molecule has 2 saturated heterocycles. The van der Waals surface area contributed by atoms with Gasteiger partial charge in [-0.25, -0.2) is 14.2 Å². The number of hydrogen-bond donors (Lipinski definition) is 1. The highest BCUT2D eigenvalue weighted by molar-refractivity contribution is 6.30. The first-order valence-corrected chi connectivity index (χ1v) is 11.7. The average molecular weight is 475 g/mol. The summed E-state index contributed by atoms with van der Waals surface area (Å²) in [6, 6.07) is 9.47. The molecule has 33 heavy (non-hydrogen) atoms. The number of benzene rings is 1. The Kier molecular flexibility index (Phi) is 7.02. The highest BCUT2D eigenvalue weighted by atomic mass is 35.5. The monoisotopic (exact) mass is 474 g/mol. The number of pyridine rings is 1. The summed E-state index contributed by atoms with van der Waals surface area (Å²) >= 11 is 5.93. The van der Waals surface area contributed by atoms with Crippen molar-refractivity contribution in [1.82, 2.24) is 14.8 Å². The van der Waals surface area contributed by atoms with Crippen molar-refractivity contribution in [3.05, 3.63) is 59.0 Å². The maximum absolute atomic E-state index is 13.5. The number of carboxylic acid groups (broad SMARTS) is 1. The Morgan fingerprint density at radius 3 is 2.42 bits per heavy atom. The smallest absolute Gasteiger partial charge is 0.407 e. The third-order valence-electron chi connectivity index (χ3n) is 6.77. The summed E-state index contributed by atoms with van der Waals surface area (Å²) < 4.78 is 13.5. The third-order valence-corrected chi connectivity index (χ3v) is 6.99. The van der Waals surface area contributed by atoms with Crippen LogP contribution < -0.4 is 4.90 Å². The number of piperidine rings is 1. The standard InChI is InChI=1S/C24H28ClFN4O3/c1-2-30(24(32)33)21-15-29(14-20(21)16-3-6-19(26)7-4-16)23(31)17-9-11-28(12-10-17)22-8-5-18(25)13-27-22/h3-8,13,17,20-21H,2,9-12,14-15H2,1H3,(H,32,33)/t20-,21+/m0/s1. The van der Waals surface area contributed by atoms with Crippen molar-refractivity contribution in [3.8, 4) is 0 Å². The summed E-state index contributed by atoms with van der Waals surface area (Å²) in [5, 5.41) is 10.3. The van der Waals surface area contributed by atoms with Crippen molar-refractivity contribution < 1.29 is 19.1 Å². The third kappa shape index (κ3) is 5.05. The number of amides is 2. The van der Waals surface area contributed by atoms with Crippen molar-refractivity contribution in [2.45, 2.75) is 31.7 Å². The minimum Gasteiger partial charge on any atom is -0.465 e. The maximum atomic E-state index is 13.5. The number of likely N-dealkylation sites (N-methyl/N-ethyl adjacent to an activating group) is 1. The van der Waals surface area contributed by atoms with Crippen LogP contribution in [0, 0.1) is 11.7 Å². The number of likely N-dealkylation sites (tertiary alicyclic amines) is 1. The van der Waals surface area contributed by atoms with Gasteiger partial charge in [0, 0.05) is 50.8 Å². The molecule has 2 aliphatic rings. The molecule has 3 heterocycles. The number of carbonyl (C=O) groups excluding carboxylic acids is 1. The van der Waals surface area contributed by atoms with Crippen molar-refractivity contribution >= 4 is 29.4 Å². The summed E-state index contributed by atoms with van der Waals surface area (Å²) in [4.78, 5) is 35.0. The lowest BCUT2D eigenvalue weighted by atomic mass is 9.93. The number of hydrogen-bond acceptors (Lipinski definition) is 4. The van der Waals surface area contributed by atoms with Crippen LogP contribution in [-0.4, -0.2) is 70.7 Å². The molecule has 2 amide bonds. The van der Waals surface area contributed by atoms with Crippen LogP contribution in [0.5, 0.6) is 0 Å². The lowest BCUT2D eigenvalue weighted by Crippen LogP contribution is -2.45. The first kappa shape index (κ1) is 23.3. The van der Waals surface area contributed by atoms with Gasteiger partial charge in [0.2, 0.25) is 5.91 Å². The van der Waals surface area contributed by atoms with Gasteiger partial charge >= 0.3 is 6.09 Å². The van der Waals surface area contributed by atoms with E-state index in [1.807, 2.05) is 12.1 Å². The maximum Gasteiger partial charge on any atom is 0.407 e. The molecule has 176 valence electrons. The second-order valence-electron chi connectivity index (χ2n) is 8.63. The Bertz CT molecular complexity index is 980. The number of rotatable bonds is 5. The summed E-state index contributed by atoms with van der Waals surface area (Å²) in [5.41, 5.74) is 0.847. The van der Waals surface area contributed by atoms with Gasteiger partial charge in [0.1, 0.15) is 11.6 Å². The van der Waals surface area contributed by atoms with Crippen molar-refractivity contribution in [2.24, 2.45) is 5.92 Å². The molecule has 0 bridgehead atoms. The van der Waals surface area contributed by atoms with Gasteiger partial charge in [0.25, 0.3) is 0 Å². The van der Waals surface area contributed by atoms with Crippen molar-refractivity contribution in [1.29, 1.82) is 0 Å². The zero-order valence-corrected chi connectivity index (χ0v) is 19.3. The van der Waals surface area contributed by atoms with Crippen LogP contribution in [-0.2, 0) is 4.79 Å². The van der Waals surface area contributed by atoms with Crippen LogP contribution >= 0.6 is 11.6 Å². The fourth-order valence-corrected chi connectivity index (χ4v) is 5.11. The quantitative estimate of drug-likeness (QED) is 0.706. The molecule has 1 aromatic carbocycles. The van der Waals surface area contributed by atoms with E-state index in [1.54, 1.807) is 30.2 Å². The molecule has 2 atom stereocenters. The normalized spacial score (nSPS) is 21.3. The minimum atomic E-state index is -1.01. The Morgan fingerprint density at radius 1 is 1.15 bits per heavy atom. The Balaban J connectivity index is 1.45. The number of halogens is 2. The summed E-state index contributed by atoms with van der Waals surface area (Å²) in [6.07, 6.45) is 2.03. The molecule has 2 aliphatic heterocycles. The van der Waals surface area contributed by atoms with Crippen LogP contribution in [0.25, 0.3) is 0 Å². The predicted octanol–water partition coefficient (Wildman–Crippen LogP) is 4.09. The second kappa shape index (κ2) is 9.95. The van der Waals surface area contributed by atoms with Crippen LogP contribution in [0.3, 0.4) is 0 Å². The van der Waals surface area contributed by atoms with Crippen molar-refractivity contribution in [2.75, 3.05) is 37.6 Å². The summed E-state index contributed by atoms with van der Waals surface area (Å²) in [7, 11) is 0. The Morgan fingerprint density at radius 2 is 1.85 bits per heavy atom. The second-order valence-corrected chi connectivity index (χ2v) is 9.07. The van der Waals surface area contributed by atoms with E-state index in [9.17, 15) is 19.1 Å². The van der Waals surface area contributed by atoms with E-state index in [0.29, 0.717) is 37.5 Å². The molecular formula is C24H28ClFN4O3. The molecular weight excluding hydrogens is 447 g/mol. The van der Waals surface area contributed by atoms with E-state index in [0.717, 1.165) is 24.5 Å². The van der Waals surface area contributed by atoms with Gasteiger partial charge in [-0.1, -0.05) is 23.7 Å². The molecule has 9 heteroatoms. The molecule has 7 nitrogen and oxygen atoms in total. The van der Waals surface area contributed by atoms with Gasteiger partial charge in [-0.15, -0.1) is 0 Å². The van der Waals surface area contributed by atoms with E-state index >= 15 is 0 Å². The molecule has 4 rings (SSSR count). The van der Waals surface area contributed by atoms with Crippen LogP contribution in [0.2, 0.25) is 5.02 Å². The summed E-state index contributed by atoms with van der Waals surface area (Å²) in [5.74, 6) is 0.275. The van der Waals surface area contributed by atoms with Crippen LogP contribution in [0.4, 0.5) is 15.0 Å². The number of aromatic nitrogens is 1. The van der Waals surface area contributed by atoms with Gasteiger partial charge in [-0.05, 0) is 49.6 Å². The highest BCUT2D eigenvalue weighted by Gasteiger charge is 2.42. The number of nitrogens with zero attached hydrogens (tertiary/aromatic N) is 4. The SMILES string of the molecule is CCN(C(=O)O)[C@@H]1CN(C(=O)C2CCN(c3ccc(Cl)cn3)CC2)C[C@H]1c1ccc(F)cc1. The lowest BCUT2D eigenvalue weighted by molar-refractivity contribution is -0.135. The highest BCUT2D eigenvalue weighted by Crippen LogP contribution is 2.34. The first-order valence-electron chi connectivity index (χ1n) is 11.3. The molecule has 1 aromatic heterocycles. The molecule has 2 fully saturated rings. The molecule has 0 saturated carbocycles. The van der Waals surface area contributed by atoms with Gasteiger partial charge in [-0.2, -0.15) is 0 Å². The Hall–Kier alpha value is -2.87. The van der Waals surface area contributed by atoms with E-state index in [-0.39, 0.29) is 29.6 Å². The van der Waals surface area contributed by atoms with Gasteiger partial charge in [0.05, 0.1) is 11.1 Å². The molecule has 2 aromatic rings. The molecule has 0 unspecified atom stereocenters. The van der Waals surface area contributed by atoms with Gasteiger partial charge in [-0.3, -0.25) is 4.79 Å². The average Bonchev–Trinajstić information content (AvgIpc) is 3.25. The van der Waals surface area contributed by atoms with E-state index < -0.39 is 6.09 Å². The summed E-state index contributed by atoms with van der Waals surface area (Å²) in [6.45, 7) is 4.34. The first-order chi connectivity index (χ1) is 15.9. The fourth-order valence-electron chi connectivity index (χ4n) is 5.00. The van der Waals surface area contributed by atoms with Crippen LogP contribution in [0.1, 0.15) is 31.2 Å². The van der Waals surface area contributed by atoms with E-state index in [4.69, 9.17) is 11.6 Å². The number of carbonyl (C=O) groups is 2. The van der Waals surface area contributed by atoms with Gasteiger partial charge in [0.15, 0.2) is 0 Å². The molecule has 1 N–H and O–H groups in total. The van der Waals surface area contributed by atoms with E-state index in [2.05, 4.69) is 9.88 Å². The Labute approximate surface area is 197 Å². The fraction of sp³-hybridized carbons (Fsp3) is 0.458.